The van der Waals surface area contributed by atoms with Crippen molar-refractivity contribution in [2.75, 3.05) is 24.0 Å². The van der Waals surface area contributed by atoms with Gasteiger partial charge >= 0.3 is 0 Å². The van der Waals surface area contributed by atoms with Gasteiger partial charge in [-0.1, -0.05) is 30.3 Å². The first kappa shape index (κ1) is 23.3. The largest absolute Gasteiger partial charge is 0.492 e. The van der Waals surface area contributed by atoms with Crippen LogP contribution in [0.25, 0.3) is 0 Å². The number of hydrogen-bond donors (Lipinski definition) is 1. The van der Waals surface area contributed by atoms with Crippen LogP contribution >= 0.6 is 0 Å². The van der Waals surface area contributed by atoms with Crippen molar-refractivity contribution in [1.82, 2.24) is 5.32 Å². The number of anilines is 1. The van der Waals surface area contributed by atoms with Crippen molar-refractivity contribution in [3.8, 4) is 5.75 Å². The summed E-state index contributed by atoms with van der Waals surface area (Å²) in [5, 5.41) is 2.68. The molecule has 3 aromatic rings. The van der Waals surface area contributed by atoms with Crippen LogP contribution in [0.3, 0.4) is 0 Å². The number of benzene rings is 3. The highest BCUT2D eigenvalue weighted by atomic mass is 32.2. The Morgan fingerprint density at radius 1 is 0.969 bits per heavy atom. The first-order valence-electron chi connectivity index (χ1n) is 10.1. The van der Waals surface area contributed by atoms with Gasteiger partial charge in [0, 0.05) is 0 Å². The predicted molar refractivity (Wildman–Crippen MR) is 122 cm³/mol. The first-order valence-corrected chi connectivity index (χ1v) is 11.5. The normalized spacial score (nSPS) is 11.1. The number of carbonyl (C=O) groups is 1. The number of aryl methyl sites for hydroxylation is 1. The highest BCUT2D eigenvalue weighted by Gasteiger charge is 2.28. The Balaban J connectivity index is 1.73. The SMILES string of the molecule is Cc1cccc(N(CC(=O)NCCOc2ccc(F)cc2)S(=O)(=O)c2ccccc2)c1C. The average Bonchev–Trinajstić information content (AvgIpc) is 2.79. The van der Waals surface area contributed by atoms with Crippen LogP contribution in [0.5, 0.6) is 5.75 Å². The van der Waals surface area contributed by atoms with Gasteiger partial charge in [0.2, 0.25) is 5.91 Å². The highest BCUT2D eigenvalue weighted by Crippen LogP contribution is 2.28. The van der Waals surface area contributed by atoms with Gasteiger partial charge in [0.25, 0.3) is 10.0 Å². The van der Waals surface area contributed by atoms with Crippen LogP contribution in [0.2, 0.25) is 0 Å². The summed E-state index contributed by atoms with van der Waals surface area (Å²) < 4.78 is 46.3. The van der Waals surface area contributed by atoms with E-state index in [9.17, 15) is 17.6 Å². The summed E-state index contributed by atoms with van der Waals surface area (Å²) >= 11 is 0. The topological polar surface area (TPSA) is 75.7 Å². The molecule has 0 saturated heterocycles. The Hall–Kier alpha value is -3.39. The predicted octanol–water partition coefficient (Wildman–Crippen LogP) is 3.83. The van der Waals surface area contributed by atoms with Gasteiger partial charge in [-0.2, -0.15) is 0 Å². The molecule has 1 N–H and O–H groups in total. The molecule has 3 rings (SSSR count). The molecular weight excluding hydrogens is 431 g/mol. The summed E-state index contributed by atoms with van der Waals surface area (Å²) in [4.78, 5) is 12.7. The van der Waals surface area contributed by atoms with E-state index in [1.165, 1.54) is 36.4 Å². The fraction of sp³-hybridized carbons (Fsp3) is 0.208. The zero-order chi connectivity index (χ0) is 23.1. The zero-order valence-corrected chi connectivity index (χ0v) is 18.7. The van der Waals surface area contributed by atoms with Gasteiger partial charge in [0.1, 0.15) is 24.7 Å². The van der Waals surface area contributed by atoms with Crippen molar-refractivity contribution in [2.45, 2.75) is 18.7 Å². The lowest BCUT2D eigenvalue weighted by Crippen LogP contribution is -2.42. The fourth-order valence-electron chi connectivity index (χ4n) is 3.10. The van der Waals surface area contributed by atoms with E-state index in [0.29, 0.717) is 11.4 Å². The van der Waals surface area contributed by atoms with E-state index >= 15 is 0 Å². The molecule has 0 heterocycles. The molecule has 32 heavy (non-hydrogen) atoms. The van der Waals surface area contributed by atoms with Crippen molar-refractivity contribution in [1.29, 1.82) is 0 Å². The Bertz CT molecular complexity index is 1170. The van der Waals surface area contributed by atoms with E-state index in [2.05, 4.69) is 5.32 Å². The second-order valence-corrected chi connectivity index (χ2v) is 9.06. The molecule has 0 aliphatic heterocycles. The lowest BCUT2D eigenvalue weighted by atomic mass is 10.1. The van der Waals surface area contributed by atoms with Gasteiger partial charge in [0.15, 0.2) is 0 Å². The molecule has 0 unspecified atom stereocenters. The lowest BCUT2D eigenvalue weighted by molar-refractivity contribution is -0.119. The molecule has 0 atom stereocenters. The van der Waals surface area contributed by atoms with Crippen molar-refractivity contribution >= 4 is 21.6 Å². The quantitative estimate of drug-likeness (QED) is 0.497. The summed E-state index contributed by atoms with van der Waals surface area (Å²) in [6.07, 6.45) is 0. The van der Waals surface area contributed by atoms with E-state index in [-0.39, 0.29) is 30.4 Å². The van der Waals surface area contributed by atoms with Crippen molar-refractivity contribution in [2.24, 2.45) is 0 Å². The summed E-state index contributed by atoms with van der Waals surface area (Å²) in [6, 6.07) is 18.9. The van der Waals surface area contributed by atoms with Gasteiger partial charge in [-0.3, -0.25) is 9.10 Å². The number of rotatable bonds is 9. The van der Waals surface area contributed by atoms with Gasteiger partial charge in [0.05, 0.1) is 17.1 Å². The van der Waals surface area contributed by atoms with Crippen LogP contribution in [-0.4, -0.2) is 34.0 Å². The number of amides is 1. The Morgan fingerprint density at radius 3 is 2.34 bits per heavy atom. The number of hydrogen-bond acceptors (Lipinski definition) is 4. The van der Waals surface area contributed by atoms with Crippen molar-refractivity contribution in [3.63, 3.8) is 0 Å². The molecule has 0 aliphatic carbocycles. The van der Waals surface area contributed by atoms with Crippen LogP contribution in [-0.2, 0) is 14.8 Å². The third kappa shape index (κ3) is 5.64. The summed E-state index contributed by atoms with van der Waals surface area (Å²) in [7, 11) is -3.96. The third-order valence-corrected chi connectivity index (χ3v) is 6.74. The van der Waals surface area contributed by atoms with Crippen LogP contribution in [0.15, 0.2) is 77.7 Å². The minimum absolute atomic E-state index is 0.105. The Kier molecular flexibility index (Phi) is 7.48. The zero-order valence-electron chi connectivity index (χ0n) is 17.9. The molecule has 1 amide bonds. The second kappa shape index (κ2) is 10.3. The maximum Gasteiger partial charge on any atom is 0.264 e. The molecule has 0 bridgehead atoms. The molecule has 0 fully saturated rings. The van der Waals surface area contributed by atoms with E-state index < -0.39 is 15.9 Å². The van der Waals surface area contributed by atoms with Crippen LogP contribution in [0.4, 0.5) is 10.1 Å². The summed E-state index contributed by atoms with van der Waals surface area (Å²) in [5.74, 6) is -0.353. The van der Waals surface area contributed by atoms with Crippen LogP contribution in [0.1, 0.15) is 11.1 Å². The van der Waals surface area contributed by atoms with E-state index in [4.69, 9.17) is 4.74 Å². The van der Waals surface area contributed by atoms with Gasteiger partial charge in [-0.05, 0) is 67.4 Å². The smallest absolute Gasteiger partial charge is 0.264 e. The molecule has 0 aromatic heterocycles. The Labute approximate surface area is 187 Å². The molecule has 3 aromatic carbocycles. The third-order valence-electron chi connectivity index (χ3n) is 4.97. The lowest BCUT2D eigenvalue weighted by Gasteiger charge is -2.26. The van der Waals surface area contributed by atoms with E-state index in [1.807, 2.05) is 19.9 Å². The average molecular weight is 457 g/mol. The Morgan fingerprint density at radius 2 is 1.66 bits per heavy atom. The molecule has 0 aliphatic rings. The number of nitrogens with zero attached hydrogens (tertiary/aromatic N) is 1. The van der Waals surface area contributed by atoms with Gasteiger partial charge in [-0.15, -0.1) is 0 Å². The summed E-state index contributed by atoms with van der Waals surface area (Å²) in [6.45, 7) is 3.66. The molecule has 6 nitrogen and oxygen atoms in total. The second-order valence-electron chi connectivity index (χ2n) is 7.20. The first-order chi connectivity index (χ1) is 15.3. The maximum atomic E-state index is 13.4. The monoisotopic (exact) mass is 456 g/mol. The maximum absolute atomic E-state index is 13.4. The number of halogens is 1. The van der Waals surface area contributed by atoms with Crippen molar-refractivity contribution in [3.05, 3.63) is 89.7 Å². The number of nitrogens with one attached hydrogen (secondary N) is 1. The minimum atomic E-state index is -3.96. The van der Waals surface area contributed by atoms with E-state index in [1.54, 1.807) is 30.3 Å². The molecule has 168 valence electrons. The standard InChI is InChI=1S/C24H25FN2O4S/c1-18-7-6-10-23(19(18)2)27(32(29,30)22-8-4-3-5-9-22)17-24(28)26-15-16-31-21-13-11-20(25)12-14-21/h3-14H,15-17H2,1-2H3,(H,26,28). The number of sulfonamides is 1. The number of carbonyl (C=O) groups excluding carboxylic acids is 1. The molecular formula is C24H25FN2O4S. The highest BCUT2D eigenvalue weighted by molar-refractivity contribution is 7.92. The fourth-order valence-corrected chi connectivity index (χ4v) is 4.60. The van der Waals surface area contributed by atoms with Crippen LogP contribution in [0, 0.1) is 19.7 Å². The molecule has 8 heteroatoms. The molecule has 0 saturated carbocycles. The van der Waals surface area contributed by atoms with Crippen LogP contribution < -0.4 is 14.4 Å². The van der Waals surface area contributed by atoms with E-state index in [0.717, 1.165) is 15.4 Å². The van der Waals surface area contributed by atoms with Gasteiger partial charge < -0.3 is 10.1 Å². The minimum Gasteiger partial charge on any atom is -0.492 e. The van der Waals surface area contributed by atoms with Gasteiger partial charge in [-0.25, -0.2) is 12.8 Å². The summed E-state index contributed by atoms with van der Waals surface area (Å²) in [5.41, 5.74) is 2.15. The number of ether oxygens (including phenoxy) is 1. The van der Waals surface area contributed by atoms with Crippen molar-refractivity contribution < 1.29 is 22.3 Å². The molecule has 0 radical (unpaired) electrons. The molecule has 0 spiro atoms.